The average Bonchev–Trinajstić information content (AvgIpc) is 2.40. The molecule has 0 bridgehead atoms. The Morgan fingerprint density at radius 3 is 2.62 bits per heavy atom. The smallest absolute Gasteiger partial charge is 0.223 e. The molecule has 0 aromatic carbocycles. The van der Waals surface area contributed by atoms with Gasteiger partial charge in [-0.2, -0.15) is 0 Å². The first-order chi connectivity index (χ1) is 9.85. The van der Waals surface area contributed by atoms with Crippen molar-refractivity contribution < 1.29 is 13.2 Å². The summed E-state index contributed by atoms with van der Waals surface area (Å²) in [6.07, 6.45) is 2.54. The van der Waals surface area contributed by atoms with Crippen LogP contribution in [-0.4, -0.2) is 81.9 Å². The highest BCUT2D eigenvalue weighted by molar-refractivity contribution is 7.91. The van der Waals surface area contributed by atoms with E-state index < -0.39 is 9.84 Å². The van der Waals surface area contributed by atoms with E-state index >= 15 is 0 Å². The summed E-state index contributed by atoms with van der Waals surface area (Å²) in [5, 5.41) is 3.14. The lowest BCUT2D eigenvalue weighted by atomic mass is 9.96. The molecule has 1 unspecified atom stereocenters. The molecule has 0 spiro atoms. The van der Waals surface area contributed by atoms with Crippen LogP contribution in [0.1, 0.15) is 19.3 Å². The average molecular weight is 317 g/mol. The van der Waals surface area contributed by atoms with E-state index in [-0.39, 0.29) is 29.9 Å². The lowest BCUT2D eigenvalue weighted by molar-refractivity contribution is -0.131. The van der Waals surface area contributed by atoms with Gasteiger partial charge >= 0.3 is 0 Å². The summed E-state index contributed by atoms with van der Waals surface area (Å²) < 4.78 is 23.2. The van der Waals surface area contributed by atoms with Crippen molar-refractivity contribution in [2.45, 2.75) is 25.3 Å². The highest BCUT2D eigenvalue weighted by Gasteiger charge is 2.27. The molecule has 0 aromatic heterocycles. The lowest BCUT2D eigenvalue weighted by Gasteiger charge is -2.32. The van der Waals surface area contributed by atoms with Gasteiger partial charge in [0.1, 0.15) is 0 Å². The second-order valence-electron chi connectivity index (χ2n) is 6.49. The number of piperidine rings is 1. The molecule has 21 heavy (non-hydrogen) atoms. The Labute approximate surface area is 127 Å². The molecule has 0 aliphatic carbocycles. The zero-order valence-corrected chi connectivity index (χ0v) is 13.9. The van der Waals surface area contributed by atoms with Crippen molar-refractivity contribution in [2.75, 3.05) is 51.8 Å². The fourth-order valence-electron chi connectivity index (χ4n) is 3.10. The highest BCUT2D eigenvalue weighted by atomic mass is 32.2. The van der Waals surface area contributed by atoms with Gasteiger partial charge < -0.3 is 15.1 Å². The molecule has 2 rings (SSSR count). The molecule has 2 heterocycles. The van der Waals surface area contributed by atoms with E-state index in [1.165, 1.54) is 0 Å². The fraction of sp³-hybridized carbons (Fsp3) is 0.929. The van der Waals surface area contributed by atoms with Crippen LogP contribution in [-0.2, 0) is 14.6 Å². The van der Waals surface area contributed by atoms with Gasteiger partial charge in [0.15, 0.2) is 9.84 Å². The number of nitrogens with zero attached hydrogens (tertiary/aromatic N) is 2. The van der Waals surface area contributed by atoms with E-state index in [9.17, 15) is 13.2 Å². The molecule has 1 N–H and O–H groups in total. The maximum absolute atomic E-state index is 12.2. The molecule has 2 aliphatic heterocycles. The standard InChI is InChI=1S/C14H27N3O3S/c1-16-6-3-12(4-7-16)10-17(2)14(18)9-13-11-21(19,20)8-5-15-13/h12-13,15H,3-11H2,1-2H3. The monoisotopic (exact) mass is 317 g/mol. The van der Waals surface area contributed by atoms with Crippen molar-refractivity contribution in [3.05, 3.63) is 0 Å². The lowest BCUT2D eigenvalue weighted by Crippen LogP contribution is -2.48. The van der Waals surface area contributed by atoms with E-state index in [2.05, 4.69) is 17.3 Å². The van der Waals surface area contributed by atoms with E-state index in [0.29, 0.717) is 12.5 Å². The van der Waals surface area contributed by atoms with Crippen LogP contribution in [0.5, 0.6) is 0 Å². The van der Waals surface area contributed by atoms with Gasteiger partial charge in [0.2, 0.25) is 5.91 Å². The number of hydrogen-bond acceptors (Lipinski definition) is 5. The van der Waals surface area contributed by atoms with Crippen LogP contribution in [0.2, 0.25) is 0 Å². The van der Waals surface area contributed by atoms with Gasteiger partial charge in [-0.05, 0) is 38.9 Å². The Balaban J connectivity index is 1.77. The van der Waals surface area contributed by atoms with E-state index in [0.717, 1.165) is 32.5 Å². The summed E-state index contributed by atoms with van der Waals surface area (Å²) >= 11 is 0. The first-order valence-electron chi connectivity index (χ1n) is 7.72. The van der Waals surface area contributed by atoms with Gasteiger partial charge in [0, 0.05) is 32.6 Å². The predicted molar refractivity (Wildman–Crippen MR) is 82.9 cm³/mol. The van der Waals surface area contributed by atoms with Crippen molar-refractivity contribution in [2.24, 2.45) is 5.92 Å². The molecule has 1 amide bonds. The number of nitrogens with one attached hydrogen (secondary N) is 1. The van der Waals surface area contributed by atoms with Gasteiger partial charge in [-0.15, -0.1) is 0 Å². The van der Waals surface area contributed by atoms with Crippen LogP contribution in [0.15, 0.2) is 0 Å². The molecule has 0 aromatic rings. The number of carbonyl (C=O) groups is 1. The normalized spacial score (nSPS) is 27.4. The first-order valence-corrected chi connectivity index (χ1v) is 9.54. The third-order valence-corrected chi connectivity index (χ3v) is 6.25. The zero-order valence-electron chi connectivity index (χ0n) is 13.0. The minimum atomic E-state index is -2.98. The van der Waals surface area contributed by atoms with Gasteiger partial charge in [0.25, 0.3) is 0 Å². The second-order valence-corrected chi connectivity index (χ2v) is 8.72. The van der Waals surface area contributed by atoms with Crippen molar-refractivity contribution in [3.8, 4) is 0 Å². The van der Waals surface area contributed by atoms with Gasteiger partial charge in [-0.1, -0.05) is 0 Å². The topological polar surface area (TPSA) is 69.7 Å². The fourth-order valence-corrected chi connectivity index (χ4v) is 4.54. The third kappa shape index (κ3) is 5.23. The number of likely N-dealkylation sites (tertiary alicyclic amines) is 1. The molecule has 6 nitrogen and oxygen atoms in total. The largest absolute Gasteiger partial charge is 0.345 e. The molecule has 0 saturated carbocycles. The number of carbonyl (C=O) groups excluding carboxylic acids is 1. The molecule has 122 valence electrons. The van der Waals surface area contributed by atoms with Gasteiger partial charge in [0.05, 0.1) is 11.5 Å². The number of amides is 1. The molecule has 2 fully saturated rings. The van der Waals surface area contributed by atoms with Crippen LogP contribution in [0.3, 0.4) is 0 Å². The Kier molecular flexibility index (Phi) is 5.62. The summed E-state index contributed by atoms with van der Waals surface area (Å²) in [5.41, 5.74) is 0. The van der Waals surface area contributed by atoms with Crippen molar-refractivity contribution >= 4 is 15.7 Å². The maximum atomic E-state index is 12.2. The van der Waals surface area contributed by atoms with Crippen LogP contribution in [0.4, 0.5) is 0 Å². The molecule has 7 heteroatoms. The summed E-state index contributed by atoms with van der Waals surface area (Å²) in [6, 6.07) is -0.226. The minimum Gasteiger partial charge on any atom is -0.345 e. The summed E-state index contributed by atoms with van der Waals surface area (Å²) in [7, 11) is 0.981. The molecular formula is C14H27N3O3S. The van der Waals surface area contributed by atoms with Crippen LogP contribution >= 0.6 is 0 Å². The summed E-state index contributed by atoms with van der Waals surface area (Å²) in [5.74, 6) is 0.880. The van der Waals surface area contributed by atoms with Gasteiger partial charge in [-0.3, -0.25) is 4.79 Å². The van der Waals surface area contributed by atoms with Crippen molar-refractivity contribution in [1.82, 2.24) is 15.1 Å². The maximum Gasteiger partial charge on any atom is 0.223 e. The molecule has 1 atom stereocenters. The Bertz CT molecular complexity index is 458. The minimum absolute atomic E-state index is 0.0449. The van der Waals surface area contributed by atoms with Gasteiger partial charge in [-0.25, -0.2) is 8.42 Å². The quantitative estimate of drug-likeness (QED) is 0.761. The molecule has 0 radical (unpaired) electrons. The second kappa shape index (κ2) is 7.07. The molecule has 2 aliphatic rings. The SMILES string of the molecule is CN1CCC(CN(C)C(=O)CC2CS(=O)(=O)CCN2)CC1. The zero-order chi connectivity index (χ0) is 15.5. The highest BCUT2D eigenvalue weighted by Crippen LogP contribution is 2.17. The van der Waals surface area contributed by atoms with Crippen molar-refractivity contribution in [3.63, 3.8) is 0 Å². The van der Waals surface area contributed by atoms with Crippen molar-refractivity contribution in [1.29, 1.82) is 0 Å². The third-order valence-electron chi connectivity index (χ3n) is 4.52. The summed E-state index contributed by atoms with van der Waals surface area (Å²) in [6.45, 7) is 3.43. The molecule has 2 saturated heterocycles. The number of rotatable bonds is 4. The Morgan fingerprint density at radius 2 is 2.00 bits per heavy atom. The first kappa shape index (κ1) is 16.7. The Hall–Kier alpha value is -0.660. The van der Waals surface area contributed by atoms with E-state index in [1.54, 1.807) is 4.90 Å². The number of hydrogen-bond donors (Lipinski definition) is 1. The molecular weight excluding hydrogens is 290 g/mol. The van der Waals surface area contributed by atoms with E-state index in [4.69, 9.17) is 0 Å². The van der Waals surface area contributed by atoms with Crippen LogP contribution < -0.4 is 5.32 Å². The van der Waals surface area contributed by atoms with E-state index in [1.807, 2.05) is 7.05 Å². The summed E-state index contributed by atoms with van der Waals surface area (Å²) in [4.78, 5) is 16.3. The van der Waals surface area contributed by atoms with Crippen LogP contribution in [0, 0.1) is 5.92 Å². The van der Waals surface area contributed by atoms with Crippen LogP contribution in [0.25, 0.3) is 0 Å². The predicted octanol–water partition coefficient (Wildman–Crippen LogP) is -0.437. The Morgan fingerprint density at radius 1 is 1.33 bits per heavy atom. The number of sulfone groups is 1.